The van der Waals surface area contributed by atoms with Gasteiger partial charge in [-0.2, -0.15) is 0 Å². The lowest BCUT2D eigenvalue weighted by atomic mass is 9.47. The van der Waals surface area contributed by atoms with Crippen molar-refractivity contribution in [2.75, 3.05) is 19.8 Å². The first-order valence-electron chi connectivity index (χ1n) is 27.0. The lowest BCUT2D eigenvalue weighted by Crippen LogP contribution is -2.67. The molecule has 23 heteroatoms. The molecular weight excluding hydrogens is 981 g/mol. The van der Waals surface area contributed by atoms with Crippen LogP contribution in [-0.4, -0.2) is 233 Å². The molecule has 0 radical (unpaired) electrons. The Morgan fingerprint density at radius 1 is 0.541 bits per heavy atom. The van der Waals surface area contributed by atoms with Gasteiger partial charge < -0.3 is 114 Å². The molecule has 74 heavy (non-hydrogen) atoms. The molecule has 9 fully saturated rings. The molecule has 0 aromatic heterocycles. The van der Waals surface area contributed by atoms with Gasteiger partial charge in [0.05, 0.1) is 38.1 Å². The minimum Gasteiger partial charge on any atom is -0.394 e. The Morgan fingerprint density at radius 3 is 1.76 bits per heavy atom. The Balaban J connectivity index is 0.826. The van der Waals surface area contributed by atoms with Gasteiger partial charge in [-0.3, -0.25) is 0 Å². The summed E-state index contributed by atoms with van der Waals surface area (Å²) in [4.78, 5) is 0. The highest BCUT2D eigenvalue weighted by Crippen LogP contribution is 2.71. The van der Waals surface area contributed by atoms with E-state index >= 15 is 0 Å². The van der Waals surface area contributed by atoms with E-state index in [-0.39, 0.29) is 34.7 Å². The third-order valence-electron chi connectivity index (χ3n) is 19.9. The van der Waals surface area contributed by atoms with Crippen LogP contribution in [0.15, 0.2) is 11.6 Å². The number of hydrogen-bond donors (Lipinski definition) is 13. The van der Waals surface area contributed by atoms with E-state index in [4.69, 9.17) is 47.4 Å². The van der Waals surface area contributed by atoms with Gasteiger partial charge in [0.1, 0.15) is 91.6 Å². The highest BCUT2D eigenvalue weighted by atomic mass is 16.8. The minimum atomic E-state index is -1.85. The van der Waals surface area contributed by atoms with Gasteiger partial charge in [0, 0.05) is 18.3 Å². The summed E-state index contributed by atoms with van der Waals surface area (Å²) in [6.07, 6.45) is -22.6. The van der Waals surface area contributed by atoms with Gasteiger partial charge in [-0.1, -0.05) is 39.3 Å². The second kappa shape index (κ2) is 21.4. The Labute approximate surface area is 430 Å². The van der Waals surface area contributed by atoms with Gasteiger partial charge in [0.25, 0.3) is 0 Å². The molecule has 6 aliphatic heterocycles. The average Bonchev–Trinajstić information content (AvgIpc) is 3.83. The van der Waals surface area contributed by atoms with Gasteiger partial charge in [-0.25, -0.2) is 0 Å². The fourth-order valence-corrected chi connectivity index (χ4v) is 15.5. The molecule has 6 heterocycles. The van der Waals surface area contributed by atoms with Crippen molar-refractivity contribution in [3.05, 3.63) is 11.6 Å². The first kappa shape index (κ1) is 56.1. The number of fused-ring (bicyclic) bond motifs is 7. The van der Waals surface area contributed by atoms with Crippen molar-refractivity contribution in [2.24, 2.45) is 46.3 Å². The monoisotopic (exact) mass is 1060 g/mol. The third kappa shape index (κ3) is 9.38. The van der Waals surface area contributed by atoms with E-state index in [1.807, 2.05) is 6.92 Å². The van der Waals surface area contributed by atoms with Crippen molar-refractivity contribution in [2.45, 2.75) is 240 Å². The van der Waals surface area contributed by atoms with Gasteiger partial charge in [0.15, 0.2) is 37.2 Å². The maximum atomic E-state index is 12.1. The normalized spacial score (nSPS) is 57.5. The Bertz CT molecular complexity index is 1970. The topological polar surface area (TPSA) is 355 Å². The molecule has 10 rings (SSSR count). The van der Waals surface area contributed by atoms with Crippen LogP contribution >= 0.6 is 0 Å². The van der Waals surface area contributed by atoms with Crippen LogP contribution < -0.4 is 0 Å². The van der Waals surface area contributed by atoms with Crippen LogP contribution in [0.5, 0.6) is 0 Å². The summed E-state index contributed by atoms with van der Waals surface area (Å²) in [6, 6.07) is 0. The molecule has 32 atom stereocenters. The summed E-state index contributed by atoms with van der Waals surface area (Å²) >= 11 is 0. The fraction of sp³-hybridized carbons (Fsp3) is 0.961. The summed E-state index contributed by atoms with van der Waals surface area (Å²) in [7, 11) is 0. The molecule has 10 aliphatic rings. The zero-order valence-electron chi connectivity index (χ0n) is 42.7. The van der Waals surface area contributed by atoms with Crippen LogP contribution in [0.25, 0.3) is 0 Å². The summed E-state index contributed by atoms with van der Waals surface area (Å²) < 4.78 is 62.3. The second-order valence-electron chi connectivity index (χ2n) is 24.0. The van der Waals surface area contributed by atoms with Crippen LogP contribution in [0, 0.1) is 46.3 Å². The highest BCUT2D eigenvalue weighted by Gasteiger charge is 2.70. The highest BCUT2D eigenvalue weighted by molar-refractivity contribution is 5.26. The lowest BCUT2D eigenvalue weighted by Gasteiger charge is -2.59. The molecule has 23 nitrogen and oxygen atoms in total. The van der Waals surface area contributed by atoms with Crippen molar-refractivity contribution in [1.29, 1.82) is 0 Å². The van der Waals surface area contributed by atoms with E-state index in [2.05, 4.69) is 26.8 Å². The molecule has 6 saturated heterocycles. The number of hydrogen-bond acceptors (Lipinski definition) is 23. The SMILES string of the molecule is C[C@@H]1CC[C@@]2(O[C@H]1O[C@@H]1O[C@H](CO)[C@@H](O)[C@H](O)[C@H]1O)O[C@@H]1C[C@@H]3[C@@H]4CC=C5C[C@@H](O[C@@H]6O[C@H](CO)[C@@H](O[C@@H]7O[C@H](CO)[C@@H](O)[C@H](O)[C@H]7O)[C@H](O)[C@H]6O[C@@H]6O[C@@H](C)[C@H](O)[C@@H](O)[C@H]6O)CC[C@]5(C)[C@H]4CC[C@]3(C)[C@@H]1[C@@H]2C. The molecule has 0 bridgehead atoms. The fourth-order valence-electron chi connectivity index (χ4n) is 15.5. The summed E-state index contributed by atoms with van der Waals surface area (Å²) in [5.74, 6) is 0.341. The summed E-state index contributed by atoms with van der Waals surface area (Å²) in [5.41, 5.74) is 1.06. The van der Waals surface area contributed by atoms with E-state index in [9.17, 15) is 66.4 Å². The first-order chi connectivity index (χ1) is 35.1. The number of aliphatic hydroxyl groups excluding tert-OH is 13. The van der Waals surface area contributed by atoms with Crippen molar-refractivity contribution in [1.82, 2.24) is 0 Å². The number of ether oxygens (including phenoxy) is 10. The van der Waals surface area contributed by atoms with E-state index < -0.39 is 161 Å². The average molecular weight is 1060 g/mol. The van der Waals surface area contributed by atoms with E-state index in [1.165, 1.54) is 12.5 Å². The predicted molar refractivity (Wildman–Crippen MR) is 248 cm³/mol. The molecule has 1 spiro atoms. The summed E-state index contributed by atoms with van der Waals surface area (Å²) in [5, 5.41) is 138. The molecule has 13 N–H and O–H groups in total. The van der Waals surface area contributed by atoms with Crippen molar-refractivity contribution < 1.29 is 114 Å². The van der Waals surface area contributed by atoms with Crippen LogP contribution in [0.4, 0.5) is 0 Å². The Hall–Kier alpha value is -1.18. The van der Waals surface area contributed by atoms with Gasteiger partial charge in [-0.05, 0) is 92.8 Å². The zero-order valence-corrected chi connectivity index (χ0v) is 42.7. The van der Waals surface area contributed by atoms with Crippen molar-refractivity contribution in [3.8, 4) is 0 Å². The van der Waals surface area contributed by atoms with Gasteiger partial charge in [-0.15, -0.1) is 0 Å². The largest absolute Gasteiger partial charge is 0.394 e. The van der Waals surface area contributed by atoms with Crippen LogP contribution in [0.3, 0.4) is 0 Å². The van der Waals surface area contributed by atoms with Crippen LogP contribution in [-0.2, 0) is 47.4 Å². The van der Waals surface area contributed by atoms with Gasteiger partial charge >= 0.3 is 0 Å². The molecule has 424 valence electrons. The standard InChI is InChI=1S/C51H82O23/c1-19-8-13-51(74-44(19)72-47-40(63)37(60)34(57)29(17-53)68-47)20(2)31-27(73-51)15-26-24-7-6-22-14-23(9-11-49(22,4)25(24)10-12-50(26,31)5)66-48-43(71-45-38(61)35(58)32(55)21(3)65-45)41(64)42(30(18-54)69-48)70-46-39(62)36(59)33(56)28(16-52)67-46/h6,19-21,23-48,52-64H,7-18H2,1-5H3/t19-,20+,21+,23+,24-,25+,26-,27-,28-,29-,30-,31-,32+,33-,34-,35-,36+,37+,38-,39-,40-,41+,42-,43-,44-,45+,46+,47+,48-,49+,50+,51+/m1/s1. The molecule has 3 saturated carbocycles. The van der Waals surface area contributed by atoms with Crippen molar-refractivity contribution in [3.63, 3.8) is 0 Å². The van der Waals surface area contributed by atoms with Crippen molar-refractivity contribution >= 4 is 0 Å². The number of rotatable bonds is 11. The van der Waals surface area contributed by atoms with Crippen LogP contribution in [0.1, 0.15) is 92.4 Å². The number of allylic oxidation sites excluding steroid dienone is 1. The predicted octanol–water partition coefficient (Wildman–Crippen LogP) is -2.64. The molecule has 0 aromatic rings. The van der Waals surface area contributed by atoms with E-state index in [0.717, 1.165) is 38.5 Å². The molecule has 0 amide bonds. The number of aliphatic hydroxyl groups is 13. The molecular formula is C51H82O23. The van der Waals surface area contributed by atoms with Gasteiger partial charge in [0.2, 0.25) is 0 Å². The van der Waals surface area contributed by atoms with E-state index in [0.29, 0.717) is 37.0 Å². The van der Waals surface area contributed by atoms with E-state index in [1.54, 1.807) is 0 Å². The first-order valence-corrected chi connectivity index (χ1v) is 27.0. The lowest BCUT2D eigenvalue weighted by molar-refractivity contribution is -0.398. The molecule has 0 unspecified atom stereocenters. The van der Waals surface area contributed by atoms with Crippen LogP contribution in [0.2, 0.25) is 0 Å². The smallest absolute Gasteiger partial charge is 0.189 e. The maximum Gasteiger partial charge on any atom is 0.189 e. The zero-order chi connectivity index (χ0) is 53.1. The Kier molecular flexibility index (Phi) is 16.2. The molecule has 0 aromatic carbocycles. The second-order valence-corrected chi connectivity index (χ2v) is 24.0. The Morgan fingerprint density at radius 2 is 1.12 bits per heavy atom. The third-order valence-corrected chi connectivity index (χ3v) is 19.9. The minimum absolute atomic E-state index is 0.00616. The summed E-state index contributed by atoms with van der Waals surface area (Å²) in [6.45, 7) is 8.41. The maximum absolute atomic E-state index is 12.1. The molecule has 4 aliphatic carbocycles. The quantitative estimate of drug-likeness (QED) is 0.0941.